The van der Waals surface area contributed by atoms with Gasteiger partial charge in [0.15, 0.2) is 11.0 Å². The van der Waals surface area contributed by atoms with Crippen molar-refractivity contribution in [3.8, 4) is 5.75 Å². The number of benzene rings is 2. The Bertz CT molecular complexity index is 1540. The molecule has 2 aromatic rings. The van der Waals surface area contributed by atoms with Crippen molar-refractivity contribution in [2.45, 2.75) is 83.5 Å². The number of hydrogen-bond acceptors (Lipinski definition) is 8. The molecule has 12 heteroatoms. The van der Waals surface area contributed by atoms with E-state index in [-0.39, 0.29) is 47.2 Å². The molecule has 0 heterocycles. The lowest BCUT2D eigenvalue weighted by atomic mass is 9.44. The largest absolute Gasteiger partial charge is 0.527 e. The van der Waals surface area contributed by atoms with Gasteiger partial charge in [-0.2, -0.15) is 0 Å². The van der Waals surface area contributed by atoms with E-state index >= 15 is 0 Å². The van der Waals surface area contributed by atoms with Crippen molar-refractivity contribution in [3.05, 3.63) is 72.8 Å². The normalized spacial score (nSPS) is 35.9. The number of Topliss-reactive ketones (excluding diaryl/α,β-unsaturated/α-hetero) is 1. The fourth-order valence-corrected chi connectivity index (χ4v) is 9.76. The Morgan fingerprint density at radius 1 is 1.13 bits per heavy atom. The molecule has 250 valence electrons. The van der Waals surface area contributed by atoms with Crippen LogP contribution in [0.3, 0.4) is 0 Å². The number of hydrogen-bond donors (Lipinski definition) is 3. The topological polar surface area (TPSA) is 148 Å². The predicted octanol–water partition coefficient (Wildman–Crippen LogP) is 6.49. The maximum Gasteiger partial charge on any atom is 0.527 e. The first-order valence-corrected chi connectivity index (χ1v) is 18.3. The third kappa shape index (κ3) is 6.37. The molecule has 5 rings (SSSR count). The smallest absolute Gasteiger partial charge is 0.445 e. The molecule has 3 saturated carbocycles. The number of carbonyl (C=O) groups is 2. The number of ether oxygens (including phenoxy) is 1. The lowest BCUT2D eigenvalue weighted by Gasteiger charge is -2.61. The van der Waals surface area contributed by atoms with Crippen molar-refractivity contribution in [3.63, 3.8) is 0 Å². The maximum atomic E-state index is 13.6. The molecule has 3 N–H and O–H groups in total. The van der Waals surface area contributed by atoms with Gasteiger partial charge in [-0.15, -0.1) is 6.58 Å². The third-order valence-corrected chi connectivity index (χ3v) is 13.2. The van der Waals surface area contributed by atoms with E-state index in [1.807, 2.05) is 26.8 Å². The van der Waals surface area contributed by atoms with Crippen LogP contribution >= 0.6 is 7.82 Å². The molecule has 0 aromatic heterocycles. The second-order valence-electron chi connectivity index (χ2n) is 13.6. The summed E-state index contributed by atoms with van der Waals surface area (Å²) >= 11 is 0. The van der Waals surface area contributed by atoms with E-state index in [0.717, 1.165) is 12.8 Å². The van der Waals surface area contributed by atoms with Crippen LogP contribution in [0.2, 0.25) is 0 Å². The van der Waals surface area contributed by atoms with Crippen molar-refractivity contribution in [2.24, 2.45) is 34.0 Å². The Morgan fingerprint density at radius 2 is 1.80 bits per heavy atom. The number of aliphatic hydroxyl groups excluding tert-OH is 1. The first kappa shape index (κ1) is 34.5. The summed E-state index contributed by atoms with van der Waals surface area (Å²) in [6.07, 6.45) is 2.28. The number of phosphoric ester groups is 1. The van der Waals surface area contributed by atoms with Crippen LogP contribution in [-0.4, -0.2) is 38.3 Å². The highest BCUT2D eigenvalue weighted by Crippen LogP contribution is 2.68. The van der Waals surface area contributed by atoms with Gasteiger partial charge in [0.05, 0.1) is 17.6 Å². The second-order valence-corrected chi connectivity index (χ2v) is 16.2. The second kappa shape index (κ2) is 13.0. The lowest BCUT2D eigenvalue weighted by molar-refractivity contribution is -0.191. The number of ketones is 1. The minimum absolute atomic E-state index is 0.0113. The Balaban J connectivity index is 1.30. The molecule has 10 nitrogen and oxygen atoms in total. The Hall–Kier alpha value is -2.82. The molecule has 0 saturated heterocycles. The van der Waals surface area contributed by atoms with E-state index in [0.29, 0.717) is 18.4 Å². The summed E-state index contributed by atoms with van der Waals surface area (Å²) in [7, 11) is -6.48. The van der Waals surface area contributed by atoms with Gasteiger partial charge >= 0.3 is 13.9 Å². The molecule has 10 atom stereocenters. The van der Waals surface area contributed by atoms with Gasteiger partial charge in [-0.05, 0) is 72.8 Å². The molecular weight excluding hydrogens is 629 g/mol. The quantitative estimate of drug-likeness (QED) is 0.201. The number of aliphatic hydroxyl groups is 1. The van der Waals surface area contributed by atoms with Crippen LogP contribution in [-0.2, 0) is 36.2 Å². The van der Waals surface area contributed by atoms with Crippen LogP contribution in [0.1, 0.15) is 65.4 Å². The van der Waals surface area contributed by atoms with Crippen LogP contribution in [0, 0.1) is 34.0 Å². The fourth-order valence-electron chi connectivity index (χ4n) is 8.30. The first-order chi connectivity index (χ1) is 21.6. The molecule has 46 heavy (non-hydrogen) atoms. The maximum absolute atomic E-state index is 13.6. The molecule has 0 radical (unpaired) electrons. The van der Waals surface area contributed by atoms with Crippen molar-refractivity contribution >= 4 is 30.7 Å². The fraction of sp³-hybridized carbons (Fsp3) is 0.529. The zero-order chi connectivity index (χ0) is 33.5. The summed E-state index contributed by atoms with van der Waals surface area (Å²) in [6, 6.07) is 14.3. The van der Waals surface area contributed by atoms with Gasteiger partial charge < -0.3 is 14.4 Å². The Labute approximate surface area is 273 Å². The standard InChI is InChI=1S/C34H44NO9PS/c1-6-32(4)20-28(33(5)22(2)16-18-34(23(3)30(32)37)19-17-27(36)29(33)34)43-31(38)35-46(41)26-14-12-25(13-15-26)44-45(39,40)42-21-24-10-8-7-9-11-24/h6-15,22-23,28-30,37H,1,16-21H2,2-5H3,(H,35,38)(H,39,40)/t22-,23+,28-,29+,30+,32-,33+,34+,46?/m1/s1. The molecule has 0 spiro atoms. The summed E-state index contributed by atoms with van der Waals surface area (Å²) in [6.45, 7) is 12.0. The van der Waals surface area contributed by atoms with Gasteiger partial charge in [0, 0.05) is 23.2 Å². The molecule has 3 fully saturated rings. The minimum atomic E-state index is -4.44. The molecule has 3 aliphatic rings. The summed E-state index contributed by atoms with van der Waals surface area (Å²) < 4.78 is 44.3. The van der Waals surface area contributed by atoms with Crippen LogP contribution in [0.4, 0.5) is 4.79 Å². The van der Waals surface area contributed by atoms with E-state index in [9.17, 15) is 28.4 Å². The molecule has 2 unspecified atom stereocenters. The van der Waals surface area contributed by atoms with Crippen LogP contribution in [0.25, 0.3) is 0 Å². The number of rotatable bonds is 9. The van der Waals surface area contributed by atoms with Gasteiger partial charge in [0.25, 0.3) is 0 Å². The van der Waals surface area contributed by atoms with E-state index in [4.69, 9.17) is 13.8 Å². The zero-order valence-corrected chi connectivity index (χ0v) is 28.4. The average Bonchev–Trinajstić information content (AvgIpc) is 3.39. The van der Waals surface area contributed by atoms with E-state index in [1.165, 1.54) is 24.3 Å². The summed E-state index contributed by atoms with van der Waals surface area (Å²) in [4.78, 5) is 37.2. The van der Waals surface area contributed by atoms with Gasteiger partial charge in [-0.3, -0.25) is 14.2 Å². The van der Waals surface area contributed by atoms with Crippen molar-refractivity contribution in [1.82, 2.24) is 4.72 Å². The Kier molecular flexibility index (Phi) is 9.75. The first-order valence-electron chi connectivity index (χ1n) is 15.7. The molecule has 2 bridgehead atoms. The van der Waals surface area contributed by atoms with Gasteiger partial charge in [0.1, 0.15) is 17.6 Å². The average molecular weight is 674 g/mol. The van der Waals surface area contributed by atoms with E-state index in [1.54, 1.807) is 30.3 Å². The van der Waals surface area contributed by atoms with Crippen molar-refractivity contribution < 1.29 is 42.1 Å². The predicted molar refractivity (Wildman–Crippen MR) is 173 cm³/mol. The van der Waals surface area contributed by atoms with Crippen LogP contribution in [0.5, 0.6) is 5.75 Å². The van der Waals surface area contributed by atoms with Gasteiger partial charge in [-0.25, -0.2) is 18.3 Å². The minimum Gasteiger partial charge on any atom is -0.445 e. The van der Waals surface area contributed by atoms with Gasteiger partial charge in [0.2, 0.25) is 0 Å². The van der Waals surface area contributed by atoms with Crippen molar-refractivity contribution in [1.29, 1.82) is 0 Å². The number of amides is 1. The molecular formula is C34H44NO9PS. The number of phosphoric acid groups is 1. The molecule has 3 aliphatic carbocycles. The van der Waals surface area contributed by atoms with Crippen LogP contribution in [0.15, 0.2) is 72.1 Å². The highest BCUT2D eigenvalue weighted by Gasteiger charge is 2.68. The SMILES string of the molecule is C=C[C@]1(C)C[C@@H](OC(=O)NS(=O)c2ccc(OP(=O)(O)OCc3ccccc3)cc2)[C@]2(C)[C@H](C)CC[C@]3(CCC(=O)[C@H]32)[C@@H](C)[C@@H]1O. The van der Waals surface area contributed by atoms with E-state index < -0.39 is 53.4 Å². The summed E-state index contributed by atoms with van der Waals surface area (Å²) in [5.74, 6) is -0.314. The molecule has 0 aliphatic heterocycles. The highest BCUT2D eigenvalue weighted by atomic mass is 32.2. The molecule has 2 aromatic carbocycles. The molecule has 1 amide bonds. The Morgan fingerprint density at radius 3 is 2.46 bits per heavy atom. The summed E-state index contributed by atoms with van der Waals surface area (Å²) in [5.41, 5.74) is -1.20. The van der Waals surface area contributed by atoms with E-state index in [2.05, 4.69) is 18.2 Å². The summed E-state index contributed by atoms with van der Waals surface area (Å²) in [5, 5.41) is 11.7. The van der Waals surface area contributed by atoms with Gasteiger partial charge in [-0.1, -0.05) is 64.1 Å². The zero-order valence-electron chi connectivity index (χ0n) is 26.7. The highest BCUT2D eigenvalue weighted by molar-refractivity contribution is 7.83. The van der Waals surface area contributed by atoms with Crippen LogP contribution < -0.4 is 9.25 Å². The number of nitrogens with one attached hydrogen (secondary N) is 1. The monoisotopic (exact) mass is 673 g/mol. The lowest BCUT2D eigenvalue weighted by Crippen LogP contribution is -2.63. The number of carbonyl (C=O) groups excluding carboxylic acids is 2. The third-order valence-electron chi connectivity index (χ3n) is 11.2. The van der Waals surface area contributed by atoms with Crippen molar-refractivity contribution in [2.75, 3.05) is 0 Å².